The molecular weight excluding hydrogens is 276 g/mol. The summed E-state index contributed by atoms with van der Waals surface area (Å²) in [6, 6.07) is 9.83. The first-order valence-corrected chi connectivity index (χ1v) is 6.62. The fraction of sp³-hybridized carbons (Fsp3) is 0.533. The van der Waals surface area contributed by atoms with Gasteiger partial charge in [0, 0.05) is 26.7 Å². The standard InChI is InChI=1S/C15H24N2O2.ClH/c1-15(2,13-7-5-4-6-8-13)14(18)17-10-9-16-11-12-19-3;/h4-8,16H,9-12H2,1-3H3,(H,17,18);1H. The van der Waals surface area contributed by atoms with E-state index in [1.807, 2.05) is 44.2 Å². The van der Waals surface area contributed by atoms with Crippen molar-refractivity contribution in [3.05, 3.63) is 35.9 Å². The number of hydrogen-bond donors (Lipinski definition) is 2. The molecule has 1 rings (SSSR count). The lowest BCUT2D eigenvalue weighted by molar-refractivity contribution is -0.125. The summed E-state index contributed by atoms with van der Waals surface area (Å²) in [5.74, 6) is 0.0484. The maximum absolute atomic E-state index is 12.2. The molecule has 4 nitrogen and oxygen atoms in total. The predicted octanol–water partition coefficient (Wildman–Crippen LogP) is 1.74. The van der Waals surface area contributed by atoms with Crippen molar-refractivity contribution in [2.75, 3.05) is 33.4 Å². The second-order valence-electron chi connectivity index (χ2n) is 4.99. The monoisotopic (exact) mass is 300 g/mol. The zero-order valence-electron chi connectivity index (χ0n) is 12.4. The number of rotatable bonds is 8. The summed E-state index contributed by atoms with van der Waals surface area (Å²) in [5.41, 5.74) is 0.521. The van der Waals surface area contributed by atoms with Gasteiger partial charge in [0.15, 0.2) is 0 Å². The number of benzene rings is 1. The van der Waals surface area contributed by atoms with Gasteiger partial charge in [-0.25, -0.2) is 0 Å². The van der Waals surface area contributed by atoms with Gasteiger partial charge in [0.25, 0.3) is 0 Å². The Kier molecular flexibility index (Phi) is 9.21. The van der Waals surface area contributed by atoms with Gasteiger partial charge >= 0.3 is 0 Å². The molecule has 0 atom stereocenters. The Balaban J connectivity index is 0.00000361. The Morgan fingerprint density at radius 1 is 1.15 bits per heavy atom. The molecular formula is C15H25ClN2O2. The maximum atomic E-state index is 12.2. The van der Waals surface area contributed by atoms with Crippen molar-refractivity contribution in [1.82, 2.24) is 10.6 Å². The van der Waals surface area contributed by atoms with Crippen LogP contribution in [0.3, 0.4) is 0 Å². The Hall–Kier alpha value is -1.10. The fourth-order valence-corrected chi connectivity index (χ4v) is 1.77. The summed E-state index contributed by atoms with van der Waals surface area (Å²) in [5, 5.41) is 6.15. The van der Waals surface area contributed by atoms with E-state index in [0.29, 0.717) is 13.2 Å². The second-order valence-corrected chi connectivity index (χ2v) is 4.99. The number of methoxy groups -OCH3 is 1. The molecule has 0 radical (unpaired) electrons. The van der Waals surface area contributed by atoms with Crippen LogP contribution in [-0.4, -0.2) is 39.3 Å². The third kappa shape index (κ3) is 5.90. The smallest absolute Gasteiger partial charge is 0.230 e. The molecule has 0 fully saturated rings. The average molecular weight is 301 g/mol. The normalized spacial score (nSPS) is 10.8. The lowest BCUT2D eigenvalue weighted by atomic mass is 9.84. The minimum absolute atomic E-state index is 0. The fourth-order valence-electron chi connectivity index (χ4n) is 1.77. The van der Waals surface area contributed by atoms with Crippen molar-refractivity contribution in [3.8, 4) is 0 Å². The van der Waals surface area contributed by atoms with Gasteiger partial charge in [-0.1, -0.05) is 30.3 Å². The molecule has 0 saturated heterocycles. The molecule has 0 saturated carbocycles. The molecule has 2 N–H and O–H groups in total. The van der Waals surface area contributed by atoms with E-state index in [9.17, 15) is 4.79 Å². The highest BCUT2D eigenvalue weighted by Crippen LogP contribution is 2.22. The van der Waals surface area contributed by atoms with E-state index in [1.54, 1.807) is 7.11 Å². The van der Waals surface area contributed by atoms with Gasteiger partial charge in [-0.05, 0) is 19.4 Å². The molecule has 0 aliphatic heterocycles. The van der Waals surface area contributed by atoms with Gasteiger partial charge in [0.1, 0.15) is 0 Å². The summed E-state index contributed by atoms with van der Waals surface area (Å²) in [7, 11) is 1.67. The van der Waals surface area contributed by atoms with E-state index in [2.05, 4.69) is 10.6 Å². The highest BCUT2D eigenvalue weighted by atomic mass is 35.5. The van der Waals surface area contributed by atoms with E-state index in [1.165, 1.54) is 0 Å². The van der Waals surface area contributed by atoms with Crippen LogP contribution < -0.4 is 10.6 Å². The molecule has 0 spiro atoms. The van der Waals surface area contributed by atoms with Crippen LogP contribution in [0, 0.1) is 0 Å². The van der Waals surface area contributed by atoms with Crippen molar-refractivity contribution < 1.29 is 9.53 Å². The molecule has 1 aromatic carbocycles. The molecule has 0 aliphatic rings. The van der Waals surface area contributed by atoms with Crippen LogP contribution in [-0.2, 0) is 14.9 Å². The van der Waals surface area contributed by atoms with Gasteiger partial charge < -0.3 is 15.4 Å². The van der Waals surface area contributed by atoms with Crippen molar-refractivity contribution in [2.45, 2.75) is 19.3 Å². The van der Waals surface area contributed by atoms with Gasteiger partial charge in [-0.2, -0.15) is 0 Å². The molecule has 1 aromatic rings. The topological polar surface area (TPSA) is 50.4 Å². The Morgan fingerprint density at radius 3 is 2.40 bits per heavy atom. The van der Waals surface area contributed by atoms with Crippen LogP contribution in [0.15, 0.2) is 30.3 Å². The predicted molar refractivity (Wildman–Crippen MR) is 84.5 cm³/mol. The molecule has 0 aromatic heterocycles. The zero-order valence-corrected chi connectivity index (χ0v) is 13.3. The van der Waals surface area contributed by atoms with Gasteiger partial charge in [-0.3, -0.25) is 4.79 Å². The van der Waals surface area contributed by atoms with Crippen LogP contribution >= 0.6 is 12.4 Å². The quantitative estimate of drug-likeness (QED) is 0.719. The summed E-state index contributed by atoms with van der Waals surface area (Å²) in [6.45, 7) is 6.74. The van der Waals surface area contributed by atoms with Crippen molar-refractivity contribution >= 4 is 18.3 Å². The zero-order chi connectivity index (χ0) is 14.1. The molecule has 0 aliphatic carbocycles. The van der Waals surface area contributed by atoms with Crippen molar-refractivity contribution in [3.63, 3.8) is 0 Å². The van der Waals surface area contributed by atoms with E-state index in [4.69, 9.17) is 4.74 Å². The Labute approximate surface area is 127 Å². The molecule has 114 valence electrons. The summed E-state index contributed by atoms with van der Waals surface area (Å²) >= 11 is 0. The number of ether oxygens (including phenoxy) is 1. The van der Waals surface area contributed by atoms with Crippen LogP contribution in [0.4, 0.5) is 0 Å². The molecule has 0 bridgehead atoms. The summed E-state index contributed by atoms with van der Waals surface area (Å²) in [6.07, 6.45) is 0. The maximum Gasteiger partial charge on any atom is 0.230 e. The lowest BCUT2D eigenvalue weighted by Crippen LogP contribution is -2.42. The average Bonchev–Trinajstić information content (AvgIpc) is 2.43. The molecule has 1 amide bonds. The highest BCUT2D eigenvalue weighted by Gasteiger charge is 2.28. The van der Waals surface area contributed by atoms with E-state index in [-0.39, 0.29) is 18.3 Å². The second kappa shape index (κ2) is 9.75. The van der Waals surface area contributed by atoms with Crippen molar-refractivity contribution in [2.24, 2.45) is 0 Å². The van der Waals surface area contributed by atoms with Crippen LogP contribution in [0.5, 0.6) is 0 Å². The molecule has 0 heterocycles. The van der Waals surface area contributed by atoms with E-state index >= 15 is 0 Å². The summed E-state index contributed by atoms with van der Waals surface area (Å²) in [4.78, 5) is 12.2. The third-order valence-corrected chi connectivity index (χ3v) is 3.13. The van der Waals surface area contributed by atoms with E-state index < -0.39 is 5.41 Å². The lowest BCUT2D eigenvalue weighted by Gasteiger charge is -2.24. The number of nitrogens with one attached hydrogen (secondary N) is 2. The third-order valence-electron chi connectivity index (χ3n) is 3.13. The van der Waals surface area contributed by atoms with Crippen LogP contribution in [0.1, 0.15) is 19.4 Å². The summed E-state index contributed by atoms with van der Waals surface area (Å²) < 4.78 is 4.93. The first-order chi connectivity index (χ1) is 9.09. The minimum Gasteiger partial charge on any atom is -0.383 e. The SMILES string of the molecule is COCCNCCNC(=O)C(C)(C)c1ccccc1.Cl. The number of carbonyl (C=O) groups excluding carboxylic acids is 1. The minimum atomic E-state index is -0.506. The highest BCUT2D eigenvalue weighted by molar-refractivity contribution is 5.87. The van der Waals surface area contributed by atoms with Crippen molar-refractivity contribution in [1.29, 1.82) is 0 Å². The number of amides is 1. The number of halogens is 1. The van der Waals surface area contributed by atoms with Gasteiger partial charge in [-0.15, -0.1) is 12.4 Å². The first-order valence-electron chi connectivity index (χ1n) is 6.62. The molecule has 0 unspecified atom stereocenters. The molecule has 5 heteroatoms. The van der Waals surface area contributed by atoms with Crippen LogP contribution in [0.25, 0.3) is 0 Å². The molecule has 20 heavy (non-hydrogen) atoms. The first kappa shape index (κ1) is 18.9. The Bertz CT molecular complexity index is 383. The van der Waals surface area contributed by atoms with Gasteiger partial charge in [0.05, 0.1) is 12.0 Å². The Morgan fingerprint density at radius 2 is 1.80 bits per heavy atom. The number of hydrogen-bond acceptors (Lipinski definition) is 3. The van der Waals surface area contributed by atoms with E-state index in [0.717, 1.165) is 18.7 Å². The number of carbonyl (C=O) groups is 1. The largest absolute Gasteiger partial charge is 0.383 e. The van der Waals surface area contributed by atoms with Crippen LogP contribution in [0.2, 0.25) is 0 Å². The van der Waals surface area contributed by atoms with Gasteiger partial charge in [0.2, 0.25) is 5.91 Å².